The van der Waals surface area contributed by atoms with Crippen molar-refractivity contribution < 1.29 is 19.4 Å². The molecule has 1 aromatic rings. The Balaban J connectivity index is 0.000000174. The molecule has 194 valence electrons. The second-order valence-electron chi connectivity index (χ2n) is 13.1. The Hall–Kier alpha value is -2.08. The third-order valence-corrected chi connectivity index (χ3v) is 8.48. The van der Waals surface area contributed by atoms with Crippen molar-refractivity contribution in [3.8, 4) is 0 Å². The Bertz CT molecular complexity index is 905. The molecule has 35 heavy (non-hydrogen) atoms. The molecule has 6 nitrogen and oxygen atoms in total. The number of benzene rings is 1. The Kier molecular flexibility index (Phi) is 7.25. The summed E-state index contributed by atoms with van der Waals surface area (Å²) in [6.07, 6.45) is 9.09. The number of carboxylic acid groups (broad SMARTS) is 1. The van der Waals surface area contributed by atoms with E-state index in [1.165, 1.54) is 24.8 Å². The van der Waals surface area contributed by atoms with Gasteiger partial charge in [-0.3, -0.25) is 4.79 Å². The van der Waals surface area contributed by atoms with Gasteiger partial charge in [0.15, 0.2) is 0 Å². The zero-order valence-corrected chi connectivity index (χ0v) is 22.0. The molecular formula is C29H44N2O4. The lowest BCUT2D eigenvalue weighted by Crippen LogP contribution is -2.60. The highest BCUT2D eigenvalue weighted by atomic mass is 16.6. The van der Waals surface area contributed by atoms with E-state index in [0.717, 1.165) is 51.6 Å². The zero-order chi connectivity index (χ0) is 25.3. The highest BCUT2D eigenvalue weighted by molar-refractivity contribution is 5.76. The Labute approximate surface area is 210 Å². The summed E-state index contributed by atoms with van der Waals surface area (Å²) in [4.78, 5) is 23.5. The molecule has 0 radical (unpaired) electrons. The molecule has 5 unspecified atom stereocenters. The normalized spacial score (nSPS) is 35.9. The zero-order valence-electron chi connectivity index (χ0n) is 22.0. The van der Waals surface area contributed by atoms with Crippen molar-refractivity contribution in [2.45, 2.75) is 103 Å². The predicted molar refractivity (Wildman–Crippen MR) is 137 cm³/mol. The number of amides is 1. The van der Waals surface area contributed by atoms with E-state index in [1.54, 1.807) is 0 Å². The first-order valence-electron chi connectivity index (χ1n) is 13.4. The van der Waals surface area contributed by atoms with Gasteiger partial charge in [0, 0.05) is 6.04 Å². The lowest BCUT2D eigenvalue weighted by molar-refractivity contribution is -0.177. The van der Waals surface area contributed by atoms with Crippen LogP contribution in [0.4, 0.5) is 4.79 Å². The average Bonchev–Trinajstić information content (AvgIpc) is 3.00. The van der Waals surface area contributed by atoms with Crippen LogP contribution in [0.1, 0.15) is 91.0 Å². The van der Waals surface area contributed by atoms with Gasteiger partial charge < -0.3 is 20.5 Å². The summed E-state index contributed by atoms with van der Waals surface area (Å²) in [5, 5.41) is 16.1. The van der Waals surface area contributed by atoms with E-state index in [2.05, 4.69) is 47.9 Å². The summed E-state index contributed by atoms with van der Waals surface area (Å²) in [5.41, 5.74) is 0.861. The van der Waals surface area contributed by atoms with Gasteiger partial charge in [0.25, 0.3) is 0 Å². The van der Waals surface area contributed by atoms with E-state index in [-0.39, 0.29) is 23.0 Å². The monoisotopic (exact) mass is 484 g/mol. The molecular weight excluding hydrogens is 440 g/mol. The number of alkyl carbamates (subject to hydrolysis) is 1. The molecule has 1 amide bonds. The van der Waals surface area contributed by atoms with Crippen molar-refractivity contribution in [1.29, 1.82) is 0 Å². The van der Waals surface area contributed by atoms with Crippen molar-refractivity contribution in [3.05, 3.63) is 35.9 Å². The lowest BCUT2D eigenvalue weighted by atomic mass is 9.39. The number of carboxylic acids is 1. The maximum atomic E-state index is 12.0. The smallest absolute Gasteiger partial charge is 0.407 e. The fourth-order valence-corrected chi connectivity index (χ4v) is 7.91. The number of hydrogen-bond donors (Lipinski definition) is 3. The minimum atomic E-state index is -0.548. The van der Waals surface area contributed by atoms with Crippen molar-refractivity contribution >= 4 is 12.1 Å². The van der Waals surface area contributed by atoms with E-state index in [4.69, 9.17) is 4.74 Å². The summed E-state index contributed by atoms with van der Waals surface area (Å²) in [7, 11) is 0. The summed E-state index contributed by atoms with van der Waals surface area (Å²) >= 11 is 0. The van der Waals surface area contributed by atoms with Crippen LogP contribution >= 0.6 is 0 Å². The van der Waals surface area contributed by atoms with E-state index in [9.17, 15) is 14.7 Å². The Morgan fingerprint density at radius 2 is 1.77 bits per heavy atom. The third kappa shape index (κ3) is 6.02. The molecule has 5 aliphatic rings. The fraction of sp³-hybridized carbons (Fsp3) is 0.724. The molecule has 1 aromatic carbocycles. The van der Waals surface area contributed by atoms with Gasteiger partial charge in [-0.25, -0.2) is 4.79 Å². The second-order valence-corrected chi connectivity index (χ2v) is 13.1. The van der Waals surface area contributed by atoms with Gasteiger partial charge in [-0.1, -0.05) is 37.3 Å². The van der Waals surface area contributed by atoms with Crippen molar-refractivity contribution in [1.82, 2.24) is 10.6 Å². The van der Waals surface area contributed by atoms with Crippen molar-refractivity contribution in [2.24, 2.45) is 16.7 Å². The fourth-order valence-electron chi connectivity index (χ4n) is 7.91. The summed E-state index contributed by atoms with van der Waals surface area (Å²) < 4.78 is 5.21. The number of ether oxygens (including phenoxy) is 1. The topological polar surface area (TPSA) is 87.7 Å². The number of rotatable bonds is 3. The molecule has 4 bridgehead atoms. The van der Waals surface area contributed by atoms with Gasteiger partial charge in [0.1, 0.15) is 5.60 Å². The van der Waals surface area contributed by atoms with Crippen LogP contribution in [0.25, 0.3) is 0 Å². The summed E-state index contributed by atoms with van der Waals surface area (Å²) in [6.45, 7) is 9.98. The highest BCUT2D eigenvalue weighted by Crippen LogP contribution is 2.70. The van der Waals surface area contributed by atoms with Gasteiger partial charge in [-0.2, -0.15) is 0 Å². The van der Waals surface area contributed by atoms with E-state index < -0.39 is 17.0 Å². The van der Waals surface area contributed by atoms with Crippen LogP contribution in [0.15, 0.2) is 30.3 Å². The number of carbonyl (C=O) groups is 2. The molecule has 1 heterocycles. The summed E-state index contributed by atoms with van der Waals surface area (Å²) in [6, 6.07) is 10.9. The minimum Gasteiger partial charge on any atom is -0.481 e. The Morgan fingerprint density at radius 3 is 2.43 bits per heavy atom. The van der Waals surface area contributed by atoms with E-state index in [1.807, 2.05) is 20.8 Å². The van der Waals surface area contributed by atoms with E-state index >= 15 is 0 Å². The van der Waals surface area contributed by atoms with Gasteiger partial charge >= 0.3 is 12.1 Å². The number of hydrogen-bond acceptors (Lipinski definition) is 4. The van der Waals surface area contributed by atoms with Crippen LogP contribution in [0.3, 0.4) is 0 Å². The minimum absolute atomic E-state index is 0.119. The van der Waals surface area contributed by atoms with Crippen LogP contribution in [0, 0.1) is 16.7 Å². The molecule has 6 heteroatoms. The molecule has 1 aliphatic heterocycles. The first kappa shape index (κ1) is 26.0. The second kappa shape index (κ2) is 9.76. The maximum Gasteiger partial charge on any atom is 0.407 e. The van der Waals surface area contributed by atoms with Crippen molar-refractivity contribution in [2.75, 3.05) is 13.1 Å². The number of carbonyl (C=O) groups excluding carboxylic acids is 1. The van der Waals surface area contributed by atoms with Crippen LogP contribution in [0.2, 0.25) is 0 Å². The third-order valence-electron chi connectivity index (χ3n) is 8.48. The first-order valence-corrected chi connectivity index (χ1v) is 13.4. The Morgan fingerprint density at radius 1 is 1.03 bits per heavy atom. The highest BCUT2D eigenvalue weighted by Gasteiger charge is 2.64. The SMILES string of the molecule is CC(C)(C)OC(=O)NC1CCCNCC1.CC12CC3CC(C(=O)O)(C1)CC(c1ccccc1)(C3)C2. The molecule has 0 spiro atoms. The molecule has 4 saturated carbocycles. The largest absolute Gasteiger partial charge is 0.481 e. The lowest BCUT2D eigenvalue weighted by Gasteiger charge is -2.64. The maximum absolute atomic E-state index is 12.0. The molecule has 0 aromatic heterocycles. The van der Waals surface area contributed by atoms with Crippen LogP contribution < -0.4 is 10.6 Å². The first-order chi connectivity index (χ1) is 16.4. The molecule has 6 rings (SSSR count). The van der Waals surface area contributed by atoms with Gasteiger partial charge in [-0.05, 0) is 114 Å². The molecule has 1 saturated heterocycles. The number of nitrogens with one attached hydrogen (secondary N) is 2. The van der Waals surface area contributed by atoms with Gasteiger partial charge in [-0.15, -0.1) is 0 Å². The molecule has 5 fully saturated rings. The quantitative estimate of drug-likeness (QED) is 0.516. The van der Waals surface area contributed by atoms with E-state index in [0.29, 0.717) is 5.92 Å². The number of aliphatic carboxylic acids is 1. The van der Waals surface area contributed by atoms with Gasteiger partial charge in [0.05, 0.1) is 5.41 Å². The van der Waals surface area contributed by atoms with Crippen LogP contribution in [-0.2, 0) is 14.9 Å². The van der Waals surface area contributed by atoms with Crippen LogP contribution in [0.5, 0.6) is 0 Å². The van der Waals surface area contributed by atoms with Crippen molar-refractivity contribution in [3.63, 3.8) is 0 Å². The molecule has 5 atom stereocenters. The molecule has 4 aliphatic carbocycles. The van der Waals surface area contributed by atoms with Gasteiger partial charge in [0.2, 0.25) is 0 Å². The average molecular weight is 485 g/mol. The standard InChI is InChI=1S/C18H22O2.C11H22N2O2/c1-16-7-13-8-17(10-16,14-5-3-2-4-6-14)12-18(9-13,11-16)15(19)20;1-11(2,3)15-10(14)13-9-5-4-7-12-8-6-9/h2-6,13H,7-12H2,1H3,(H,19,20);9,12H,4-8H2,1-3H3,(H,13,14). The predicted octanol–water partition coefficient (Wildman–Crippen LogP) is 5.65. The molecule has 3 N–H and O–H groups in total. The van der Waals surface area contributed by atoms with Crippen LogP contribution in [-0.4, -0.2) is 41.9 Å². The summed E-state index contributed by atoms with van der Waals surface area (Å²) in [5.74, 6) is 0.0562.